The van der Waals surface area contributed by atoms with Crippen molar-refractivity contribution in [1.29, 1.82) is 0 Å². The standard InChI is InChI=1S/C13H15ClN2O3/c1-7(6-19-3)16(2)11-5-10-8(4-9(11)14)12(17)13(18)15-10/h4-5,7H,6H2,1-3H3,(H,15,17,18). The van der Waals surface area contributed by atoms with Crippen molar-refractivity contribution in [3.8, 4) is 0 Å². The monoisotopic (exact) mass is 282 g/mol. The van der Waals surface area contributed by atoms with Crippen LogP contribution in [0.25, 0.3) is 0 Å². The highest BCUT2D eigenvalue weighted by Crippen LogP contribution is 2.35. The molecule has 0 aromatic heterocycles. The third-order valence-corrected chi connectivity index (χ3v) is 3.54. The third kappa shape index (κ3) is 2.43. The summed E-state index contributed by atoms with van der Waals surface area (Å²) in [6.45, 7) is 2.55. The molecule has 1 unspecified atom stereocenters. The van der Waals surface area contributed by atoms with Crippen molar-refractivity contribution < 1.29 is 14.3 Å². The summed E-state index contributed by atoms with van der Waals surface area (Å²) in [5.74, 6) is -1.16. The van der Waals surface area contributed by atoms with Crippen molar-refractivity contribution in [2.75, 3.05) is 31.0 Å². The number of methoxy groups -OCH3 is 1. The van der Waals surface area contributed by atoms with Crippen LogP contribution < -0.4 is 10.2 Å². The lowest BCUT2D eigenvalue weighted by Gasteiger charge is -2.27. The van der Waals surface area contributed by atoms with Gasteiger partial charge in [0.1, 0.15) is 0 Å². The SMILES string of the molecule is COCC(C)N(C)c1cc2c(cc1Cl)C(=O)C(=O)N2. The molecule has 0 aliphatic carbocycles. The first kappa shape index (κ1) is 13.8. The number of hydrogen-bond donors (Lipinski definition) is 1. The van der Waals surface area contributed by atoms with Gasteiger partial charge in [0.2, 0.25) is 0 Å². The molecular formula is C13H15ClN2O3. The van der Waals surface area contributed by atoms with E-state index in [0.29, 0.717) is 22.9 Å². The van der Waals surface area contributed by atoms with E-state index < -0.39 is 11.7 Å². The maximum atomic E-state index is 11.6. The van der Waals surface area contributed by atoms with Gasteiger partial charge in [0.15, 0.2) is 0 Å². The molecule has 0 saturated carbocycles. The van der Waals surface area contributed by atoms with Crippen LogP contribution in [0.1, 0.15) is 17.3 Å². The van der Waals surface area contributed by atoms with Crippen LogP contribution in [-0.4, -0.2) is 38.5 Å². The molecule has 1 amide bonds. The number of nitrogens with zero attached hydrogens (tertiary/aromatic N) is 1. The van der Waals surface area contributed by atoms with E-state index >= 15 is 0 Å². The lowest BCUT2D eigenvalue weighted by molar-refractivity contribution is -0.112. The third-order valence-electron chi connectivity index (χ3n) is 3.24. The maximum Gasteiger partial charge on any atom is 0.296 e. The van der Waals surface area contributed by atoms with Gasteiger partial charge in [-0.3, -0.25) is 9.59 Å². The van der Waals surface area contributed by atoms with Gasteiger partial charge in [-0.1, -0.05) is 11.6 Å². The second kappa shape index (κ2) is 5.19. The van der Waals surface area contributed by atoms with Crippen molar-refractivity contribution in [1.82, 2.24) is 0 Å². The Morgan fingerprint density at radius 3 is 2.74 bits per heavy atom. The number of ether oxygens (including phenoxy) is 1. The molecule has 0 saturated heterocycles. The minimum Gasteiger partial charge on any atom is -0.383 e. The van der Waals surface area contributed by atoms with Crippen LogP contribution in [0.2, 0.25) is 5.02 Å². The fourth-order valence-electron chi connectivity index (χ4n) is 2.02. The van der Waals surface area contributed by atoms with Gasteiger partial charge in [0.05, 0.1) is 28.6 Å². The Morgan fingerprint density at radius 2 is 2.11 bits per heavy atom. The Hall–Kier alpha value is -1.59. The molecule has 0 radical (unpaired) electrons. The zero-order valence-electron chi connectivity index (χ0n) is 11.0. The average molecular weight is 283 g/mol. The number of fused-ring (bicyclic) bond motifs is 1. The number of carbonyl (C=O) groups is 2. The van der Waals surface area contributed by atoms with Gasteiger partial charge in [-0.2, -0.15) is 0 Å². The van der Waals surface area contributed by atoms with E-state index in [1.807, 2.05) is 18.9 Å². The van der Waals surface area contributed by atoms with Crippen molar-refractivity contribution in [3.05, 3.63) is 22.7 Å². The van der Waals surface area contributed by atoms with Crippen molar-refractivity contribution in [2.45, 2.75) is 13.0 Å². The van der Waals surface area contributed by atoms with E-state index in [-0.39, 0.29) is 6.04 Å². The molecule has 1 N–H and O–H groups in total. The number of carbonyl (C=O) groups excluding carboxylic acids is 2. The fraction of sp³-hybridized carbons (Fsp3) is 0.385. The molecular weight excluding hydrogens is 268 g/mol. The van der Waals surface area contributed by atoms with E-state index in [0.717, 1.165) is 5.69 Å². The smallest absolute Gasteiger partial charge is 0.296 e. The highest BCUT2D eigenvalue weighted by atomic mass is 35.5. The summed E-state index contributed by atoms with van der Waals surface area (Å²) < 4.78 is 5.10. The van der Waals surface area contributed by atoms with Crippen LogP contribution in [0.4, 0.5) is 11.4 Å². The van der Waals surface area contributed by atoms with Gasteiger partial charge in [-0.25, -0.2) is 0 Å². The number of hydrogen-bond acceptors (Lipinski definition) is 4. The molecule has 1 aliphatic heterocycles. The van der Waals surface area contributed by atoms with Gasteiger partial charge in [0.25, 0.3) is 11.7 Å². The Morgan fingerprint density at radius 1 is 1.42 bits per heavy atom. The van der Waals surface area contributed by atoms with Crippen LogP contribution in [0, 0.1) is 0 Å². The summed E-state index contributed by atoms with van der Waals surface area (Å²) in [5.41, 5.74) is 1.58. The predicted molar refractivity (Wildman–Crippen MR) is 74.2 cm³/mol. The topological polar surface area (TPSA) is 58.6 Å². The van der Waals surface area contributed by atoms with Crippen LogP contribution >= 0.6 is 11.6 Å². The lowest BCUT2D eigenvalue weighted by Crippen LogP contribution is -2.32. The highest BCUT2D eigenvalue weighted by Gasteiger charge is 2.29. The molecule has 1 aromatic rings. The highest BCUT2D eigenvalue weighted by molar-refractivity contribution is 6.52. The number of Topliss-reactive ketones (excluding diaryl/α,β-unsaturated/α-hetero) is 1. The van der Waals surface area contributed by atoms with Crippen LogP contribution in [0.15, 0.2) is 12.1 Å². The molecule has 1 aliphatic rings. The molecule has 0 fully saturated rings. The second-order valence-corrected chi connectivity index (χ2v) is 4.95. The van der Waals surface area contributed by atoms with E-state index in [1.165, 1.54) is 6.07 Å². The van der Waals surface area contributed by atoms with Crippen LogP contribution in [0.3, 0.4) is 0 Å². The number of amides is 1. The van der Waals surface area contributed by atoms with Gasteiger partial charge in [-0.05, 0) is 19.1 Å². The molecule has 1 heterocycles. The molecule has 0 spiro atoms. The number of benzene rings is 1. The first-order valence-electron chi connectivity index (χ1n) is 5.86. The number of likely N-dealkylation sites (N-methyl/N-ethyl adjacent to an activating group) is 1. The zero-order valence-corrected chi connectivity index (χ0v) is 11.7. The molecule has 5 nitrogen and oxygen atoms in total. The zero-order chi connectivity index (χ0) is 14.2. The Bertz CT molecular complexity index is 545. The van der Waals surface area contributed by atoms with Gasteiger partial charge in [0, 0.05) is 20.2 Å². The number of nitrogens with one attached hydrogen (secondary N) is 1. The van der Waals surface area contributed by atoms with E-state index in [4.69, 9.17) is 16.3 Å². The summed E-state index contributed by atoms with van der Waals surface area (Å²) in [6, 6.07) is 3.36. The van der Waals surface area contributed by atoms with Crippen LogP contribution in [-0.2, 0) is 9.53 Å². The molecule has 102 valence electrons. The minimum absolute atomic E-state index is 0.119. The Kier molecular flexibility index (Phi) is 3.78. The molecule has 1 atom stereocenters. The van der Waals surface area contributed by atoms with E-state index in [9.17, 15) is 9.59 Å². The first-order valence-corrected chi connectivity index (χ1v) is 6.24. The number of rotatable bonds is 4. The van der Waals surface area contributed by atoms with E-state index in [2.05, 4.69) is 5.32 Å². The van der Waals surface area contributed by atoms with Gasteiger partial charge in [-0.15, -0.1) is 0 Å². The van der Waals surface area contributed by atoms with Crippen molar-refractivity contribution in [2.24, 2.45) is 0 Å². The first-order chi connectivity index (χ1) is 8.95. The second-order valence-electron chi connectivity index (χ2n) is 4.55. The normalized spacial score (nSPS) is 15.2. The quantitative estimate of drug-likeness (QED) is 0.858. The maximum absolute atomic E-state index is 11.6. The molecule has 1 aromatic carbocycles. The summed E-state index contributed by atoms with van der Waals surface area (Å²) in [6.07, 6.45) is 0. The molecule has 2 rings (SSSR count). The average Bonchev–Trinajstić information content (AvgIpc) is 2.64. The largest absolute Gasteiger partial charge is 0.383 e. The molecule has 0 bridgehead atoms. The van der Waals surface area contributed by atoms with Crippen molar-refractivity contribution in [3.63, 3.8) is 0 Å². The Balaban J connectivity index is 2.37. The minimum atomic E-state index is -0.615. The Labute approximate surface area is 116 Å². The number of anilines is 2. The van der Waals surface area contributed by atoms with Crippen LogP contribution in [0.5, 0.6) is 0 Å². The van der Waals surface area contributed by atoms with Crippen molar-refractivity contribution >= 4 is 34.7 Å². The lowest BCUT2D eigenvalue weighted by atomic mass is 10.1. The molecule has 19 heavy (non-hydrogen) atoms. The number of ketones is 1. The molecule has 6 heteroatoms. The summed E-state index contributed by atoms with van der Waals surface area (Å²) in [4.78, 5) is 24.8. The summed E-state index contributed by atoms with van der Waals surface area (Å²) >= 11 is 6.19. The summed E-state index contributed by atoms with van der Waals surface area (Å²) in [5, 5.41) is 2.97. The number of halogens is 1. The summed E-state index contributed by atoms with van der Waals surface area (Å²) in [7, 11) is 3.52. The van der Waals surface area contributed by atoms with E-state index in [1.54, 1.807) is 13.2 Å². The van der Waals surface area contributed by atoms with Gasteiger partial charge < -0.3 is 15.0 Å². The predicted octanol–water partition coefficient (Wildman–Crippen LogP) is 1.95. The fourth-order valence-corrected chi connectivity index (χ4v) is 2.31. The van der Waals surface area contributed by atoms with Gasteiger partial charge >= 0.3 is 0 Å².